The van der Waals surface area contributed by atoms with Crippen molar-refractivity contribution in [2.75, 3.05) is 72.2 Å². The summed E-state index contributed by atoms with van der Waals surface area (Å²) in [4.78, 5) is 19.4. The Labute approximate surface area is 183 Å². The summed E-state index contributed by atoms with van der Waals surface area (Å²) in [6, 6.07) is 5.76. The van der Waals surface area contributed by atoms with Crippen molar-refractivity contribution < 1.29 is 23.8 Å². The molecule has 31 heavy (non-hydrogen) atoms. The smallest absolute Gasteiger partial charge is 0.253 e. The van der Waals surface area contributed by atoms with Gasteiger partial charge in [0.1, 0.15) is 5.82 Å². The topological polar surface area (TPSA) is 65.5 Å². The number of β-amino-alcohol motifs (C(OH)–C–C–N with tert-alkyl or cyclic N) is 1. The summed E-state index contributed by atoms with van der Waals surface area (Å²) in [6.45, 7) is 7.75. The molecular formula is C23H34FN3O4. The van der Waals surface area contributed by atoms with Crippen LogP contribution in [-0.2, 0) is 9.47 Å². The fourth-order valence-electron chi connectivity index (χ4n) is 4.37. The molecule has 1 aromatic rings. The molecule has 4 rings (SSSR count). The van der Waals surface area contributed by atoms with Crippen LogP contribution in [0.4, 0.5) is 4.39 Å². The van der Waals surface area contributed by atoms with Crippen molar-refractivity contribution in [3.63, 3.8) is 0 Å². The first-order valence-corrected chi connectivity index (χ1v) is 11.4. The van der Waals surface area contributed by atoms with Crippen molar-refractivity contribution in [2.45, 2.75) is 25.0 Å². The predicted octanol–water partition coefficient (Wildman–Crippen LogP) is 1.07. The number of benzene rings is 1. The maximum absolute atomic E-state index is 13.3. The Bertz CT molecular complexity index is 709. The van der Waals surface area contributed by atoms with Gasteiger partial charge in [0, 0.05) is 57.9 Å². The van der Waals surface area contributed by atoms with Gasteiger partial charge in [-0.3, -0.25) is 14.6 Å². The van der Waals surface area contributed by atoms with Crippen molar-refractivity contribution in [3.8, 4) is 0 Å². The zero-order valence-electron chi connectivity index (χ0n) is 18.1. The number of carbonyl (C=O) groups is 1. The molecular weight excluding hydrogens is 401 g/mol. The van der Waals surface area contributed by atoms with Gasteiger partial charge in [-0.1, -0.05) is 0 Å². The molecule has 0 radical (unpaired) electrons. The number of halogens is 1. The summed E-state index contributed by atoms with van der Waals surface area (Å²) < 4.78 is 24.6. The first-order chi connectivity index (χ1) is 15.1. The van der Waals surface area contributed by atoms with Crippen LogP contribution in [0.15, 0.2) is 24.3 Å². The number of aliphatic hydroxyl groups is 1. The normalized spacial score (nSPS) is 24.1. The van der Waals surface area contributed by atoms with Crippen LogP contribution < -0.4 is 0 Å². The lowest BCUT2D eigenvalue weighted by Crippen LogP contribution is -2.52. The summed E-state index contributed by atoms with van der Waals surface area (Å²) in [5.74, 6) is 0.145. The Hall–Kier alpha value is -1.58. The minimum Gasteiger partial charge on any atom is -0.390 e. The number of amides is 1. The van der Waals surface area contributed by atoms with Crippen molar-refractivity contribution in [1.82, 2.24) is 14.7 Å². The minimum absolute atomic E-state index is 0.0695. The second-order valence-electron chi connectivity index (χ2n) is 8.98. The highest BCUT2D eigenvalue weighted by molar-refractivity contribution is 5.94. The molecule has 3 aliphatic rings. The first-order valence-electron chi connectivity index (χ1n) is 11.4. The number of hydrogen-bond acceptors (Lipinski definition) is 6. The van der Waals surface area contributed by atoms with Gasteiger partial charge in [0.15, 0.2) is 0 Å². The summed E-state index contributed by atoms with van der Waals surface area (Å²) in [5.41, 5.74) is 0.510. The van der Waals surface area contributed by atoms with Gasteiger partial charge < -0.3 is 19.5 Å². The highest BCUT2D eigenvalue weighted by Gasteiger charge is 2.31. The fourth-order valence-corrected chi connectivity index (χ4v) is 4.37. The standard InChI is InChI=1S/C23H34FN3O4/c24-20-5-3-19(4-6-20)23(29)27(13-18-1-2-18)17-22-16-26(9-12-31-22)15-21(28)14-25-7-10-30-11-8-25/h3-6,18,21-22,28H,1-2,7-17H2/t21-,22+/m1/s1. The highest BCUT2D eigenvalue weighted by atomic mass is 19.1. The van der Waals surface area contributed by atoms with E-state index >= 15 is 0 Å². The Kier molecular flexibility index (Phi) is 7.90. The monoisotopic (exact) mass is 435 g/mol. The van der Waals surface area contributed by atoms with Crippen LogP contribution in [0.5, 0.6) is 0 Å². The Morgan fingerprint density at radius 1 is 1.06 bits per heavy atom. The molecule has 2 saturated heterocycles. The van der Waals surface area contributed by atoms with Crippen LogP contribution in [0.1, 0.15) is 23.2 Å². The highest BCUT2D eigenvalue weighted by Crippen LogP contribution is 2.30. The molecule has 1 aromatic carbocycles. The lowest BCUT2D eigenvalue weighted by molar-refractivity contribution is -0.0557. The van der Waals surface area contributed by atoms with Gasteiger partial charge in [0.25, 0.3) is 5.91 Å². The van der Waals surface area contributed by atoms with E-state index in [1.165, 1.54) is 12.1 Å². The lowest BCUT2D eigenvalue weighted by atomic mass is 10.1. The Morgan fingerprint density at radius 2 is 1.74 bits per heavy atom. The second kappa shape index (κ2) is 10.8. The van der Waals surface area contributed by atoms with Crippen LogP contribution in [0.2, 0.25) is 0 Å². The molecule has 1 aliphatic carbocycles. The van der Waals surface area contributed by atoms with E-state index in [1.807, 2.05) is 4.90 Å². The molecule has 2 aliphatic heterocycles. The summed E-state index contributed by atoms with van der Waals surface area (Å²) in [5, 5.41) is 10.5. The van der Waals surface area contributed by atoms with Gasteiger partial charge in [-0.2, -0.15) is 0 Å². The van der Waals surface area contributed by atoms with E-state index in [4.69, 9.17) is 9.47 Å². The van der Waals surface area contributed by atoms with Crippen LogP contribution in [-0.4, -0.2) is 110 Å². The lowest BCUT2D eigenvalue weighted by Gasteiger charge is -2.37. The average Bonchev–Trinajstić information content (AvgIpc) is 3.58. The molecule has 1 N–H and O–H groups in total. The van der Waals surface area contributed by atoms with Crippen LogP contribution in [0, 0.1) is 11.7 Å². The molecule has 1 saturated carbocycles. The number of nitrogens with zero attached hydrogens (tertiary/aromatic N) is 3. The minimum atomic E-state index is -0.416. The second-order valence-corrected chi connectivity index (χ2v) is 8.98. The van der Waals surface area contributed by atoms with E-state index in [2.05, 4.69) is 9.80 Å². The van der Waals surface area contributed by atoms with E-state index in [0.29, 0.717) is 44.3 Å². The summed E-state index contributed by atoms with van der Waals surface area (Å²) >= 11 is 0. The van der Waals surface area contributed by atoms with Gasteiger partial charge >= 0.3 is 0 Å². The Balaban J connectivity index is 1.30. The van der Waals surface area contributed by atoms with E-state index in [1.54, 1.807) is 12.1 Å². The largest absolute Gasteiger partial charge is 0.390 e. The van der Waals surface area contributed by atoms with E-state index < -0.39 is 6.10 Å². The third kappa shape index (κ3) is 6.95. The van der Waals surface area contributed by atoms with Crippen molar-refractivity contribution in [2.24, 2.45) is 5.92 Å². The van der Waals surface area contributed by atoms with Gasteiger partial charge in [-0.05, 0) is 43.0 Å². The van der Waals surface area contributed by atoms with Crippen LogP contribution in [0.25, 0.3) is 0 Å². The molecule has 0 bridgehead atoms. The zero-order chi connectivity index (χ0) is 21.6. The summed E-state index contributed by atoms with van der Waals surface area (Å²) in [7, 11) is 0. The Morgan fingerprint density at radius 3 is 2.45 bits per heavy atom. The molecule has 0 aromatic heterocycles. The maximum atomic E-state index is 13.3. The number of ether oxygens (including phenoxy) is 2. The van der Waals surface area contributed by atoms with Crippen molar-refractivity contribution in [1.29, 1.82) is 0 Å². The number of rotatable bonds is 9. The quantitative estimate of drug-likeness (QED) is 0.626. The van der Waals surface area contributed by atoms with E-state index in [-0.39, 0.29) is 17.8 Å². The third-order valence-electron chi connectivity index (χ3n) is 6.24. The predicted molar refractivity (Wildman–Crippen MR) is 114 cm³/mol. The fraction of sp³-hybridized carbons (Fsp3) is 0.696. The van der Waals surface area contributed by atoms with Crippen molar-refractivity contribution in [3.05, 3.63) is 35.6 Å². The number of hydrogen-bond donors (Lipinski definition) is 1. The molecule has 8 heteroatoms. The van der Waals surface area contributed by atoms with Gasteiger partial charge in [0.05, 0.1) is 32.0 Å². The number of morpholine rings is 2. The molecule has 1 amide bonds. The number of carbonyl (C=O) groups excluding carboxylic acids is 1. The van der Waals surface area contributed by atoms with E-state index in [0.717, 1.165) is 52.2 Å². The molecule has 172 valence electrons. The maximum Gasteiger partial charge on any atom is 0.253 e. The first kappa shape index (κ1) is 22.6. The number of aliphatic hydroxyl groups excluding tert-OH is 1. The third-order valence-corrected chi connectivity index (χ3v) is 6.24. The molecule has 3 fully saturated rings. The average molecular weight is 436 g/mol. The molecule has 7 nitrogen and oxygen atoms in total. The van der Waals surface area contributed by atoms with E-state index in [9.17, 15) is 14.3 Å². The molecule has 2 heterocycles. The molecule has 0 unspecified atom stereocenters. The van der Waals surface area contributed by atoms with Crippen molar-refractivity contribution >= 4 is 5.91 Å². The van der Waals surface area contributed by atoms with Gasteiger partial charge in [0.2, 0.25) is 0 Å². The van der Waals surface area contributed by atoms with Crippen LogP contribution >= 0.6 is 0 Å². The van der Waals surface area contributed by atoms with Gasteiger partial charge in [-0.25, -0.2) is 4.39 Å². The summed E-state index contributed by atoms with van der Waals surface area (Å²) in [6.07, 6.45) is 1.80. The molecule has 2 atom stereocenters. The van der Waals surface area contributed by atoms with Gasteiger partial charge in [-0.15, -0.1) is 0 Å². The van der Waals surface area contributed by atoms with Crippen LogP contribution in [0.3, 0.4) is 0 Å². The zero-order valence-corrected chi connectivity index (χ0v) is 18.1. The molecule has 0 spiro atoms. The SMILES string of the molecule is O=C(c1ccc(F)cc1)N(CC1CC1)C[C@@H]1CN(C[C@H](O)CN2CCOCC2)CCO1.